The summed E-state index contributed by atoms with van der Waals surface area (Å²) < 4.78 is 1.13. The van der Waals surface area contributed by atoms with E-state index in [0.29, 0.717) is 6.54 Å². The van der Waals surface area contributed by atoms with E-state index in [-0.39, 0.29) is 12.6 Å². The van der Waals surface area contributed by atoms with E-state index in [0.717, 1.165) is 15.0 Å². The van der Waals surface area contributed by atoms with Crippen molar-refractivity contribution in [1.82, 2.24) is 10.6 Å². The monoisotopic (exact) mass is 278 g/mol. The van der Waals surface area contributed by atoms with Gasteiger partial charge in [0, 0.05) is 16.1 Å². The first-order valence-corrected chi connectivity index (χ1v) is 7.07. The molecule has 2 amide bonds. The molecule has 1 aromatic carbocycles. The van der Waals surface area contributed by atoms with Gasteiger partial charge in [-0.3, -0.25) is 0 Å². The van der Waals surface area contributed by atoms with E-state index in [2.05, 4.69) is 10.6 Å². The highest BCUT2D eigenvalue weighted by molar-refractivity contribution is 7.19. The summed E-state index contributed by atoms with van der Waals surface area (Å²) in [7, 11) is 0. The second kappa shape index (κ2) is 5.59. The number of amides is 2. The van der Waals surface area contributed by atoms with Crippen LogP contribution in [0.15, 0.2) is 30.3 Å². The highest BCUT2D eigenvalue weighted by Crippen LogP contribution is 2.32. The minimum Gasteiger partial charge on any atom is -0.383 e. The number of carbonyl (C=O) groups excluding carboxylic acids is 1. The van der Waals surface area contributed by atoms with Crippen molar-refractivity contribution in [2.24, 2.45) is 0 Å². The molecule has 19 heavy (non-hydrogen) atoms. The minimum absolute atomic E-state index is 0.186. The van der Waals surface area contributed by atoms with E-state index in [1.54, 1.807) is 18.3 Å². The fourth-order valence-corrected chi connectivity index (χ4v) is 2.92. The summed E-state index contributed by atoms with van der Waals surface area (Å²) in [5.41, 5.74) is -1.06. The summed E-state index contributed by atoms with van der Waals surface area (Å²) in [6.07, 6.45) is 0. The summed E-state index contributed by atoms with van der Waals surface area (Å²) in [6, 6.07) is 9.70. The van der Waals surface area contributed by atoms with Crippen LogP contribution in [-0.4, -0.2) is 24.2 Å². The zero-order chi connectivity index (χ0) is 13.9. The van der Waals surface area contributed by atoms with Gasteiger partial charge in [-0.2, -0.15) is 0 Å². The minimum atomic E-state index is -1.06. The van der Waals surface area contributed by atoms with E-state index in [1.807, 2.05) is 37.3 Å². The van der Waals surface area contributed by atoms with Crippen LogP contribution in [0.25, 0.3) is 10.1 Å². The predicted octanol–water partition coefficient (Wildman–Crippen LogP) is 2.43. The fraction of sp³-hybridized carbons (Fsp3) is 0.357. The third-order valence-corrected chi connectivity index (χ3v) is 4.26. The second-order valence-corrected chi connectivity index (χ2v) is 5.72. The smallest absolute Gasteiger partial charge is 0.314 e. The molecule has 2 rings (SSSR count). The Balaban J connectivity index is 2.12. The van der Waals surface area contributed by atoms with Gasteiger partial charge in [0.15, 0.2) is 0 Å². The van der Waals surface area contributed by atoms with Gasteiger partial charge in [-0.15, -0.1) is 11.3 Å². The number of thiophene rings is 1. The van der Waals surface area contributed by atoms with Crippen LogP contribution in [0.4, 0.5) is 4.79 Å². The number of rotatable bonds is 4. The summed E-state index contributed by atoms with van der Waals surface area (Å²) in [6.45, 7) is 4.32. The maximum Gasteiger partial charge on any atom is 0.314 e. The summed E-state index contributed by atoms with van der Waals surface area (Å²) in [5.74, 6) is 0. The number of benzene rings is 1. The molecule has 1 heterocycles. The number of hydrogen-bond donors (Lipinski definition) is 3. The maximum absolute atomic E-state index is 11.4. The molecule has 0 fully saturated rings. The van der Waals surface area contributed by atoms with Gasteiger partial charge in [-0.1, -0.05) is 18.2 Å². The van der Waals surface area contributed by atoms with Crippen molar-refractivity contribution in [3.8, 4) is 0 Å². The molecule has 1 atom stereocenters. The summed E-state index contributed by atoms with van der Waals surface area (Å²) >= 11 is 1.55. The Hall–Kier alpha value is -1.59. The molecule has 0 bridgehead atoms. The Bertz CT molecular complexity index is 545. The van der Waals surface area contributed by atoms with Crippen molar-refractivity contribution in [2.75, 3.05) is 13.1 Å². The van der Waals surface area contributed by atoms with Gasteiger partial charge in [0.05, 0.1) is 6.54 Å². The maximum atomic E-state index is 11.4. The van der Waals surface area contributed by atoms with E-state index >= 15 is 0 Å². The Kier molecular flexibility index (Phi) is 4.07. The third kappa shape index (κ3) is 3.24. The average Bonchev–Trinajstić information content (AvgIpc) is 2.81. The number of nitrogens with one attached hydrogen (secondary N) is 2. The van der Waals surface area contributed by atoms with Crippen LogP contribution >= 0.6 is 11.3 Å². The van der Waals surface area contributed by atoms with Crippen molar-refractivity contribution in [3.05, 3.63) is 35.2 Å². The standard InChI is InChI=1S/C14H18N2O2S/c1-3-15-13(17)16-9-14(2,18)12-8-10-6-4-5-7-11(10)19-12/h4-8,18H,3,9H2,1-2H3,(H2,15,16,17). The Morgan fingerprint density at radius 1 is 1.37 bits per heavy atom. The SMILES string of the molecule is CCNC(=O)NCC(C)(O)c1cc2ccccc2s1. The zero-order valence-electron chi connectivity index (χ0n) is 11.1. The van der Waals surface area contributed by atoms with Crippen LogP contribution in [0.3, 0.4) is 0 Å². The van der Waals surface area contributed by atoms with Gasteiger partial charge in [-0.25, -0.2) is 4.79 Å². The molecule has 102 valence electrons. The van der Waals surface area contributed by atoms with Gasteiger partial charge in [-0.05, 0) is 31.4 Å². The number of carbonyl (C=O) groups is 1. The van der Waals surface area contributed by atoms with Gasteiger partial charge in [0.25, 0.3) is 0 Å². The fourth-order valence-electron chi connectivity index (χ4n) is 1.81. The summed E-state index contributed by atoms with van der Waals surface area (Å²) in [5, 5.41) is 16.9. The van der Waals surface area contributed by atoms with Crippen LogP contribution in [0.1, 0.15) is 18.7 Å². The quantitative estimate of drug-likeness (QED) is 0.804. The molecule has 0 aliphatic carbocycles. The Labute approximate surface area is 116 Å². The molecule has 0 radical (unpaired) electrons. The lowest BCUT2D eigenvalue weighted by Gasteiger charge is -2.22. The topological polar surface area (TPSA) is 61.4 Å². The molecule has 4 nitrogen and oxygen atoms in total. The van der Waals surface area contributed by atoms with Crippen LogP contribution in [0, 0.1) is 0 Å². The first kappa shape index (κ1) is 13.8. The molecule has 1 unspecified atom stereocenters. The van der Waals surface area contributed by atoms with E-state index in [4.69, 9.17) is 0 Å². The largest absolute Gasteiger partial charge is 0.383 e. The van der Waals surface area contributed by atoms with Crippen LogP contribution < -0.4 is 10.6 Å². The third-order valence-electron chi connectivity index (χ3n) is 2.89. The predicted molar refractivity (Wildman–Crippen MR) is 78.5 cm³/mol. The normalized spacial score (nSPS) is 14.1. The molecule has 0 spiro atoms. The molecule has 0 aliphatic rings. The van der Waals surface area contributed by atoms with Gasteiger partial charge >= 0.3 is 6.03 Å². The first-order valence-electron chi connectivity index (χ1n) is 6.26. The van der Waals surface area contributed by atoms with Crippen LogP contribution in [0.2, 0.25) is 0 Å². The van der Waals surface area contributed by atoms with Crippen molar-refractivity contribution in [1.29, 1.82) is 0 Å². The van der Waals surface area contributed by atoms with Crippen LogP contribution in [-0.2, 0) is 5.60 Å². The molecule has 5 heteroatoms. The van der Waals surface area contributed by atoms with Crippen molar-refractivity contribution in [2.45, 2.75) is 19.4 Å². The van der Waals surface area contributed by atoms with Gasteiger partial charge in [0.2, 0.25) is 0 Å². The number of hydrogen-bond acceptors (Lipinski definition) is 3. The van der Waals surface area contributed by atoms with Crippen LogP contribution in [0.5, 0.6) is 0 Å². The lowest BCUT2D eigenvalue weighted by atomic mass is 10.0. The van der Waals surface area contributed by atoms with E-state index < -0.39 is 5.60 Å². The Morgan fingerprint density at radius 3 is 2.79 bits per heavy atom. The lowest BCUT2D eigenvalue weighted by molar-refractivity contribution is 0.0632. The highest BCUT2D eigenvalue weighted by atomic mass is 32.1. The molecule has 0 saturated heterocycles. The van der Waals surface area contributed by atoms with Crippen molar-refractivity contribution < 1.29 is 9.90 Å². The second-order valence-electron chi connectivity index (χ2n) is 4.64. The van der Waals surface area contributed by atoms with Crippen molar-refractivity contribution >= 4 is 27.5 Å². The number of fused-ring (bicyclic) bond motifs is 1. The summed E-state index contributed by atoms with van der Waals surface area (Å²) in [4.78, 5) is 12.2. The van der Waals surface area contributed by atoms with Crippen molar-refractivity contribution in [3.63, 3.8) is 0 Å². The van der Waals surface area contributed by atoms with E-state index in [9.17, 15) is 9.90 Å². The first-order chi connectivity index (χ1) is 9.03. The molecular formula is C14H18N2O2S. The molecule has 0 saturated carbocycles. The van der Waals surface area contributed by atoms with Gasteiger partial charge in [0.1, 0.15) is 5.60 Å². The highest BCUT2D eigenvalue weighted by Gasteiger charge is 2.26. The van der Waals surface area contributed by atoms with Gasteiger partial charge < -0.3 is 15.7 Å². The average molecular weight is 278 g/mol. The molecule has 3 N–H and O–H groups in total. The zero-order valence-corrected chi connectivity index (χ0v) is 11.9. The molecule has 2 aromatic rings. The number of urea groups is 1. The molecular weight excluding hydrogens is 260 g/mol. The molecule has 0 aliphatic heterocycles. The molecule has 1 aromatic heterocycles. The van der Waals surface area contributed by atoms with E-state index in [1.165, 1.54) is 0 Å². The number of aliphatic hydroxyl groups is 1. The lowest BCUT2D eigenvalue weighted by Crippen LogP contribution is -2.43. The Morgan fingerprint density at radius 2 is 2.11 bits per heavy atom.